The fraction of sp³-hybridized carbons (Fsp3) is 0.714. The molecule has 0 amide bonds. The maximum atomic E-state index is 4.74. The van der Waals surface area contributed by atoms with Gasteiger partial charge in [-0.15, -0.1) is 0 Å². The first-order valence-corrected chi connectivity index (χ1v) is 6.88. The van der Waals surface area contributed by atoms with Crippen molar-refractivity contribution < 1.29 is 0 Å². The van der Waals surface area contributed by atoms with Crippen LogP contribution in [0.2, 0.25) is 0 Å². The minimum atomic E-state index is 0.662. The number of aromatic nitrogens is 2. The van der Waals surface area contributed by atoms with Gasteiger partial charge < -0.3 is 0 Å². The van der Waals surface area contributed by atoms with E-state index < -0.39 is 0 Å². The maximum absolute atomic E-state index is 4.74. The third kappa shape index (κ3) is 2.83. The summed E-state index contributed by atoms with van der Waals surface area (Å²) in [7, 11) is 0. The highest BCUT2D eigenvalue weighted by molar-refractivity contribution is 5.15. The molecule has 0 aromatic carbocycles. The van der Waals surface area contributed by atoms with Gasteiger partial charge in [0.25, 0.3) is 0 Å². The van der Waals surface area contributed by atoms with Crippen molar-refractivity contribution in [1.82, 2.24) is 14.9 Å². The summed E-state index contributed by atoms with van der Waals surface area (Å²) < 4.78 is 0. The Morgan fingerprint density at radius 1 is 1.18 bits per heavy atom. The molecule has 3 nitrogen and oxygen atoms in total. The van der Waals surface area contributed by atoms with Gasteiger partial charge in [-0.2, -0.15) is 0 Å². The minimum absolute atomic E-state index is 0.662. The molecule has 1 saturated heterocycles. The van der Waals surface area contributed by atoms with E-state index in [1.54, 1.807) is 0 Å². The van der Waals surface area contributed by atoms with Crippen LogP contribution in [0.25, 0.3) is 0 Å². The first kappa shape index (κ1) is 11.1. The molecule has 1 aliphatic heterocycles. The van der Waals surface area contributed by atoms with E-state index in [-0.39, 0.29) is 0 Å². The van der Waals surface area contributed by atoms with Crippen LogP contribution >= 0.6 is 0 Å². The summed E-state index contributed by atoms with van der Waals surface area (Å²) in [5.74, 6) is 1.76. The molecule has 1 aromatic rings. The van der Waals surface area contributed by atoms with Crippen molar-refractivity contribution >= 4 is 0 Å². The van der Waals surface area contributed by atoms with E-state index in [0.29, 0.717) is 5.92 Å². The van der Waals surface area contributed by atoms with E-state index in [1.807, 2.05) is 0 Å². The molecule has 2 heterocycles. The standard InChI is InChI=1S/C14H21N3/c1-11-9-13(10-17-7-3-2-4-8-17)16-14(15-11)12-5-6-12/h9,12H,2-8,10H2,1H3. The topological polar surface area (TPSA) is 29.0 Å². The molecule has 0 atom stereocenters. The second-order valence-corrected chi connectivity index (χ2v) is 5.47. The first-order chi connectivity index (χ1) is 8.31. The molecular formula is C14H21N3. The van der Waals surface area contributed by atoms with Crippen molar-refractivity contribution in [2.75, 3.05) is 13.1 Å². The lowest BCUT2D eigenvalue weighted by Gasteiger charge is -2.26. The van der Waals surface area contributed by atoms with Crippen molar-refractivity contribution in [3.05, 3.63) is 23.3 Å². The van der Waals surface area contributed by atoms with Crippen LogP contribution in [0.1, 0.15) is 55.2 Å². The van der Waals surface area contributed by atoms with Gasteiger partial charge in [-0.3, -0.25) is 4.90 Å². The molecule has 0 N–H and O–H groups in total. The van der Waals surface area contributed by atoms with Crippen LogP contribution in [0.15, 0.2) is 6.07 Å². The van der Waals surface area contributed by atoms with Gasteiger partial charge in [-0.25, -0.2) is 9.97 Å². The smallest absolute Gasteiger partial charge is 0.131 e. The summed E-state index contributed by atoms with van der Waals surface area (Å²) in [6, 6.07) is 2.15. The molecule has 1 aromatic heterocycles. The largest absolute Gasteiger partial charge is 0.298 e. The Kier molecular flexibility index (Phi) is 3.10. The Morgan fingerprint density at radius 2 is 1.94 bits per heavy atom. The Hall–Kier alpha value is -0.960. The fourth-order valence-electron chi connectivity index (χ4n) is 2.61. The molecule has 0 unspecified atom stereocenters. The fourth-order valence-corrected chi connectivity index (χ4v) is 2.61. The lowest BCUT2D eigenvalue weighted by Crippen LogP contribution is -2.29. The van der Waals surface area contributed by atoms with Gasteiger partial charge >= 0.3 is 0 Å². The number of piperidine rings is 1. The van der Waals surface area contributed by atoms with E-state index in [2.05, 4.69) is 22.9 Å². The van der Waals surface area contributed by atoms with Gasteiger partial charge in [0.15, 0.2) is 0 Å². The number of aryl methyl sites for hydroxylation is 1. The highest BCUT2D eigenvalue weighted by atomic mass is 15.1. The summed E-state index contributed by atoms with van der Waals surface area (Å²) in [5, 5.41) is 0. The predicted molar refractivity (Wildman–Crippen MR) is 67.9 cm³/mol. The maximum Gasteiger partial charge on any atom is 0.131 e. The second kappa shape index (κ2) is 4.73. The van der Waals surface area contributed by atoms with Crippen molar-refractivity contribution in [3.63, 3.8) is 0 Å². The molecule has 2 aliphatic rings. The SMILES string of the molecule is Cc1cc(CN2CCCCC2)nc(C2CC2)n1. The zero-order valence-electron chi connectivity index (χ0n) is 10.7. The molecular weight excluding hydrogens is 210 g/mol. The third-order valence-corrected chi connectivity index (χ3v) is 3.70. The van der Waals surface area contributed by atoms with Gasteiger partial charge in [0.1, 0.15) is 5.82 Å². The second-order valence-electron chi connectivity index (χ2n) is 5.47. The summed E-state index contributed by atoms with van der Waals surface area (Å²) >= 11 is 0. The van der Waals surface area contributed by atoms with E-state index in [4.69, 9.17) is 4.98 Å². The quantitative estimate of drug-likeness (QED) is 0.801. The third-order valence-electron chi connectivity index (χ3n) is 3.70. The highest BCUT2D eigenvalue weighted by Crippen LogP contribution is 2.38. The Bertz CT molecular complexity index is 392. The lowest BCUT2D eigenvalue weighted by atomic mass is 10.1. The van der Waals surface area contributed by atoms with Crippen molar-refractivity contribution in [2.45, 2.75) is 51.5 Å². The number of rotatable bonds is 3. The van der Waals surface area contributed by atoms with E-state index in [9.17, 15) is 0 Å². The molecule has 17 heavy (non-hydrogen) atoms. The van der Waals surface area contributed by atoms with Gasteiger partial charge in [0.05, 0.1) is 5.69 Å². The zero-order chi connectivity index (χ0) is 11.7. The molecule has 1 aliphatic carbocycles. The molecule has 0 radical (unpaired) electrons. The summed E-state index contributed by atoms with van der Waals surface area (Å²) in [6.07, 6.45) is 6.66. The average Bonchev–Trinajstić information content (AvgIpc) is 3.13. The van der Waals surface area contributed by atoms with Crippen LogP contribution in [-0.4, -0.2) is 28.0 Å². The van der Waals surface area contributed by atoms with Crippen LogP contribution < -0.4 is 0 Å². The van der Waals surface area contributed by atoms with Crippen molar-refractivity contribution in [2.24, 2.45) is 0 Å². The van der Waals surface area contributed by atoms with E-state index in [1.165, 1.54) is 50.9 Å². The van der Waals surface area contributed by atoms with Crippen LogP contribution in [-0.2, 0) is 6.54 Å². The van der Waals surface area contributed by atoms with Gasteiger partial charge in [0.2, 0.25) is 0 Å². The zero-order valence-corrected chi connectivity index (χ0v) is 10.7. The summed E-state index contributed by atoms with van der Waals surface area (Å²) in [4.78, 5) is 11.8. The molecule has 1 saturated carbocycles. The number of hydrogen-bond donors (Lipinski definition) is 0. The minimum Gasteiger partial charge on any atom is -0.298 e. The average molecular weight is 231 g/mol. The monoisotopic (exact) mass is 231 g/mol. The first-order valence-electron chi connectivity index (χ1n) is 6.88. The van der Waals surface area contributed by atoms with Crippen LogP contribution in [0.5, 0.6) is 0 Å². The van der Waals surface area contributed by atoms with Crippen molar-refractivity contribution in [1.29, 1.82) is 0 Å². The van der Waals surface area contributed by atoms with Crippen LogP contribution in [0, 0.1) is 6.92 Å². The van der Waals surface area contributed by atoms with E-state index in [0.717, 1.165) is 18.1 Å². The van der Waals surface area contributed by atoms with Crippen LogP contribution in [0.4, 0.5) is 0 Å². The molecule has 0 spiro atoms. The molecule has 3 heteroatoms. The van der Waals surface area contributed by atoms with Gasteiger partial charge in [0, 0.05) is 18.2 Å². The Labute approximate surface area is 103 Å². The van der Waals surface area contributed by atoms with Gasteiger partial charge in [-0.05, 0) is 51.8 Å². The Balaban J connectivity index is 1.72. The van der Waals surface area contributed by atoms with Gasteiger partial charge in [-0.1, -0.05) is 6.42 Å². The highest BCUT2D eigenvalue weighted by Gasteiger charge is 2.27. The van der Waals surface area contributed by atoms with E-state index >= 15 is 0 Å². The molecule has 3 rings (SSSR count). The summed E-state index contributed by atoms with van der Waals surface area (Å²) in [6.45, 7) is 5.58. The van der Waals surface area contributed by atoms with Crippen molar-refractivity contribution in [3.8, 4) is 0 Å². The predicted octanol–water partition coefficient (Wildman–Crippen LogP) is 2.65. The molecule has 92 valence electrons. The normalized spacial score (nSPS) is 21.7. The summed E-state index contributed by atoms with van der Waals surface area (Å²) in [5.41, 5.74) is 2.36. The lowest BCUT2D eigenvalue weighted by molar-refractivity contribution is 0.218. The number of nitrogens with zero attached hydrogens (tertiary/aromatic N) is 3. The molecule has 2 fully saturated rings. The number of hydrogen-bond acceptors (Lipinski definition) is 3. The molecule has 0 bridgehead atoms. The van der Waals surface area contributed by atoms with Crippen LogP contribution in [0.3, 0.4) is 0 Å². The Morgan fingerprint density at radius 3 is 2.65 bits per heavy atom. The number of likely N-dealkylation sites (tertiary alicyclic amines) is 1.